The summed E-state index contributed by atoms with van der Waals surface area (Å²) in [6.07, 6.45) is 2.74. The second-order valence-electron chi connectivity index (χ2n) is 3.22. The first-order valence-electron chi connectivity index (χ1n) is 4.50. The van der Waals surface area contributed by atoms with Gasteiger partial charge < -0.3 is 10.4 Å². The van der Waals surface area contributed by atoms with Crippen molar-refractivity contribution in [3.63, 3.8) is 0 Å². The molecule has 0 saturated heterocycles. The first kappa shape index (κ1) is 10.9. The van der Waals surface area contributed by atoms with Gasteiger partial charge in [-0.05, 0) is 26.8 Å². The molecular formula is C9H21NO. The molecule has 2 heteroatoms. The van der Waals surface area contributed by atoms with Crippen LogP contribution in [0.5, 0.6) is 0 Å². The second-order valence-corrected chi connectivity index (χ2v) is 3.22. The van der Waals surface area contributed by atoms with E-state index in [0.717, 1.165) is 19.3 Å². The Bertz CT molecular complexity index is 106. The number of rotatable bonds is 5. The highest BCUT2D eigenvalue weighted by Crippen LogP contribution is 2.20. The van der Waals surface area contributed by atoms with Gasteiger partial charge in [0.1, 0.15) is 0 Å². The fraction of sp³-hybridized carbons (Fsp3) is 1.00. The Kier molecular flexibility index (Phi) is 4.69. The lowest BCUT2D eigenvalue weighted by atomic mass is 9.88. The third-order valence-electron chi connectivity index (χ3n) is 2.53. The van der Waals surface area contributed by atoms with Gasteiger partial charge >= 0.3 is 0 Å². The van der Waals surface area contributed by atoms with Crippen LogP contribution in [0.15, 0.2) is 0 Å². The quantitative estimate of drug-likeness (QED) is 0.637. The smallest absolute Gasteiger partial charge is 0.0794 e. The topological polar surface area (TPSA) is 32.3 Å². The van der Waals surface area contributed by atoms with Crippen molar-refractivity contribution in [3.8, 4) is 0 Å². The van der Waals surface area contributed by atoms with Gasteiger partial charge in [0.15, 0.2) is 0 Å². The van der Waals surface area contributed by atoms with Crippen LogP contribution in [0.2, 0.25) is 0 Å². The zero-order chi connectivity index (χ0) is 8.91. The van der Waals surface area contributed by atoms with E-state index < -0.39 is 5.60 Å². The van der Waals surface area contributed by atoms with Crippen molar-refractivity contribution < 1.29 is 5.11 Å². The van der Waals surface area contributed by atoms with Crippen molar-refractivity contribution in [2.75, 3.05) is 7.05 Å². The van der Waals surface area contributed by atoms with E-state index in [2.05, 4.69) is 12.2 Å². The monoisotopic (exact) mass is 159 g/mol. The van der Waals surface area contributed by atoms with Crippen LogP contribution < -0.4 is 5.32 Å². The Labute approximate surface area is 70.0 Å². The molecule has 2 nitrogen and oxygen atoms in total. The van der Waals surface area contributed by atoms with Crippen molar-refractivity contribution in [1.29, 1.82) is 0 Å². The van der Waals surface area contributed by atoms with Crippen LogP contribution in [0.4, 0.5) is 0 Å². The summed E-state index contributed by atoms with van der Waals surface area (Å²) < 4.78 is 0. The van der Waals surface area contributed by atoms with Gasteiger partial charge in [0, 0.05) is 6.04 Å². The molecule has 0 aromatic carbocycles. The molecule has 2 atom stereocenters. The number of hydrogen-bond donors (Lipinski definition) is 2. The molecule has 2 unspecified atom stereocenters. The van der Waals surface area contributed by atoms with Crippen molar-refractivity contribution in [2.45, 2.75) is 51.7 Å². The summed E-state index contributed by atoms with van der Waals surface area (Å²) >= 11 is 0. The number of likely N-dealkylation sites (N-methyl/N-ethyl adjacent to an activating group) is 1. The number of nitrogens with one attached hydrogen (secondary N) is 1. The van der Waals surface area contributed by atoms with Crippen molar-refractivity contribution in [3.05, 3.63) is 0 Å². The Hall–Kier alpha value is -0.0800. The molecule has 0 aliphatic rings. The maximum Gasteiger partial charge on any atom is 0.0794 e. The average Bonchev–Trinajstić information content (AvgIpc) is 2.03. The summed E-state index contributed by atoms with van der Waals surface area (Å²) in [4.78, 5) is 0. The van der Waals surface area contributed by atoms with Crippen LogP contribution in [-0.2, 0) is 0 Å². The zero-order valence-corrected chi connectivity index (χ0v) is 8.15. The van der Waals surface area contributed by atoms with Gasteiger partial charge in [-0.2, -0.15) is 0 Å². The molecule has 0 aliphatic heterocycles. The number of hydrogen-bond acceptors (Lipinski definition) is 2. The Morgan fingerprint density at radius 1 is 1.45 bits per heavy atom. The normalized spacial score (nSPS) is 19.4. The predicted molar refractivity (Wildman–Crippen MR) is 48.7 cm³/mol. The summed E-state index contributed by atoms with van der Waals surface area (Å²) in [5.41, 5.74) is -0.510. The van der Waals surface area contributed by atoms with Crippen LogP contribution >= 0.6 is 0 Å². The molecule has 0 rings (SSSR count). The van der Waals surface area contributed by atoms with E-state index in [9.17, 15) is 5.11 Å². The summed E-state index contributed by atoms with van der Waals surface area (Å²) in [5, 5.41) is 13.1. The van der Waals surface area contributed by atoms with Crippen LogP contribution in [0.3, 0.4) is 0 Å². The van der Waals surface area contributed by atoms with E-state index in [4.69, 9.17) is 0 Å². The van der Waals surface area contributed by atoms with E-state index >= 15 is 0 Å². The Balaban J connectivity index is 4.07. The van der Waals surface area contributed by atoms with Crippen molar-refractivity contribution in [2.24, 2.45) is 0 Å². The SMILES string of the molecule is CCCC(O)(CC)C(C)NC. The molecule has 0 spiro atoms. The molecule has 0 amide bonds. The van der Waals surface area contributed by atoms with Crippen LogP contribution in [0.1, 0.15) is 40.0 Å². The molecule has 0 bridgehead atoms. The van der Waals surface area contributed by atoms with Gasteiger partial charge in [-0.1, -0.05) is 20.3 Å². The molecule has 0 aliphatic carbocycles. The van der Waals surface area contributed by atoms with Crippen LogP contribution in [0.25, 0.3) is 0 Å². The largest absolute Gasteiger partial charge is 0.388 e. The molecule has 11 heavy (non-hydrogen) atoms. The average molecular weight is 159 g/mol. The van der Waals surface area contributed by atoms with Gasteiger partial charge in [-0.25, -0.2) is 0 Å². The lowest BCUT2D eigenvalue weighted by Crippen LogP contribution is -2.47. The third kappa shape index (κ3) is 2.80. The van der Waals surface area contributed by atoms with Crippen molar-refractivity contribution >= 4 is 0 Å². The summed E-state index contributed by atoms with van der Waals surface area (Å²) in [6, 6.07) is 0.187. The first-order valence-corrected chi connectivity index (χ1v) is 4.50. The molecule has 0 radical (unpaired) electrons. The van der Waals surface area contributed by atoms with E-state index in [1.807, 2.05) is 20.9 Å². The minimum absolute atomic E-state index is 0.187. The fourth-order valence-corrected chi connectivity index (χ4v) is 1.40. The molecule has 0 saturated carbocycles. The number of aliphatic hydroxyl groups is 1. The maximum absolute atomic E-state index is 10.0. The lowest BCUT2D eigenvalue weighted by molar-refractivity contribution is -0.00272. The lowest BCUT2D eigenvalue weighted by Gasteiger charge is -2.32. The minimum atomic E-state index is -0.510. The predicted octanol–water partition coefficient (Wildman–Crippen LogP) is 1.54. The minimum Gasteiger partial charge on any atom is -0.388 e. The van der Waals surface area contributed by atoms with E-state index in [1.54, 1.807) is 0 Å². The van der Waals surface area contributed by atoms with Crippen molar-refractivity contribution in [1.82, 2.24) is 5.32 Å². The molecule has 0 aromatic heterocycles. The van der Waals surface area contributed by atoms with Crippen LogP contribution in [-0.4, -0.2) is 23.8 Å². The molecule has 0 fully saturated rings. The van der Waals surface area contributed by atoms with E-state index in [-0.39, 0.29) is 6.04 Å². The van der Waals surface area contributed by atoms with Gasteiger partial charge in [-0.15, -0.1) is 0 Å². The van der Waals surface area contributed by atoms with E-state index in [1.165, 1.54) is 0 Å². The zero-order valence-electron chi connectivity index (χ0n) is 8.15. The second kappa shape index (κ2) is 4.73. The highest BCUT2D eigenvalue weighted by atomic mass is 16.3. The van der Waals surface area contributed by atoms with Gasteiger partial charge in [0.2, 0.25) is 0 Å². The summed E-state index contributed by atoms with van der Waals surface area (Å²) in [5.74, 6) is 0. The molecule has 0 aromatic rings. The first-order chi connectivity index (χ1) is 5.10. The Morgan fingerprint density at radius 3 is 2.27 bits per heavy atom. The summed E-state index contributed by atoms with van der Waals surface area (Å²) in [7, 11) is 1.89. The fourth-order valence-electron chi connectivity index (χ4n) is 1.40. The van der Waals surface area contributed by atoms with Crippen LogP contribution in [0, 0.1) is 0 Å². The molecule has 0 heterocycles. The maximum atomic E-state index is 10.0. The Morgan fingerprint density at radius 2 is 2.00 bits per heavy atom. The van der Waals surface area contributed by atoms with Gasteiger partial charge in [0.25, 0.3) is 0 Å². The molecule has 2 N–H and O–H groups in total. The molecular weight excluding hydrogens is 138 g/mol. The highest BCUT2D eigenvalue weighted by molar-refractivity contribution is 4.86. The van der Waals surface area contributed by atoms with Gasteiger partial charge in [-0.3, -0.25) is 0 Å². The van der Waals surface area contributed by atoms with Gasteiger partial charge in [0.05, 0.1) is 5.60 Å². The van der Waals surface area contributed by atoms with E-state index in [0.29, 0.717) is 0 Å². The molecule has 68 valence electrons. The third-order valence-corrected chi connectivity index (χ3v) is 2.53. The highest BCUT2D eigenvalue weighted by Gasteiger charge is 2.29. The summed E-state index contributed by atoms with van der Waals surface area (Å²) in [6.45, 7) is 6.16. The standard InChI is InChI=1S/C9H21NO/c1-5-7-9(11,6-2)8(3)10-4/h8,10-11H,5-7H2,1-4H3.